The summed E-state index contributed by atoms with van der Waals surface area (Å²) in [4.78, 5) is 16.8. The minimum Gasteiger partial charge on any atom is -0.240 e. The van der Waals surface area contributed by atoms with Gasteiger partial charge < -0.3 is 0 Å². The third-order valence-electron chi connectivity index (χ3n) is 6.33. The Balaban J connectivity index is 1.75. The second-order valence-corrected chi connectivity index (χ2v) is 11.4. The molecule has 4 aromatic rings. The van der Waals surface area contributed by atoms with Crippen LogP contribution in [0.4, 0.5) is 0 Å². The van der Waals surface area contributed by atoms with Crippen LogP contribution in [0.1, 0.15) is 34.9 Å². The zero-order chi connectivity index (χ0) is 20.9. The Morgan fingerprint density at radius 1 is 0.968 bits per heavy atom. The number of nitrogens with zero attached hydrogens (tertiary/aromatic N) is 2. The van der Waals surface area contributed by atoms with Crippen molar-refractivity contribution in [2.75, 3.05) is 5.75 Å². The van der Waals surface area contributed by atoms with Crippen molar-refractivity contribution >= 4 is 49.2 Å². The highest BCUT2D eigenvalue weighted by Crippen LogP contribution is 2.40. The van der Waals surface area contributed by atoms with Gasteiger partial charge in [0, 0.05) is 10.6 Å². The van der Waals surface area contributed by atoms with Crippen LogP contribution in [-0.4, -0.2) is 15.1 Å². The second kappa shape index (κ2) is 7.91. The summed E-state index contributed by atoms with van der Waals surface area (Å²) in [5.74, 6) is 0.919. The standard InChI is InChI=1S/C25H22BrN2OS2/c26-19-15-30-25-27(17-11-5-2-6-12-17)23(29)21-18-13-7-8-14-20(18)31-24(21)28(25)22(19)16-9-3-1-4-10-16/h1-6,9-12,19,22H,7-8,13-15H2/q+1/t19-,22+/m0/s1. The van der Waals surface area contributed by atoms with E-state index in [0.29, 0.717) is 4.83 Å². The van der Waals surface area contributed by atoms with Crippen molar-refractivity contribution in [2.24, 2.45) is 0 Å². The van der Waals surface area contributed by atoms with Crippen molar-refractivity contribution in [3.8, 4) is 5.69 Å². The number of hydrogen-bond donors (Lipinski definition) is 0. The van der Waals surface area contributed by atoms with Crippen LogP contribution in [0.15, 0.2) is 70.6 Å². The van der Waals surface area contributed by atoms with Gasteiger partial charge in [0.15, 0.2) is 4.83 Å². The number of hydrogen-bond acceptors (Lipinski definition) is 3. The van der Waals surface area contributed by atoms with E-state index >= 15 is 0 Å². The molecule has 0 fully saturated rings. The number of rotatable bonds is 2. The summed E-state index contributed by atoms with van der Waals surface area (Å²) < 4.78 is 4.42. The van der Waals surface area contributed by atoms with Gasteiger partial charge in [-0.3, -0.25) is 0 Å². The normalized spacial score (nSPS) is 20.4. The fourth-order valence-electron chi connectivity index (χ4n) is 4.93. The molecule has 0 radical (unpaired) electrons. The van der Waals surface area contributed by atoms with Crippen molar-refractivity contribution < 1.29 is 4.57 Å². The van der Waals surface area contributed by atoms with Crippen LogP contribution >= 0.6 is 39.0 Å². The molecule has 1 aliphatic carbocycles. The van der Waals surface area contributed by atoms with Crippen LogP contribution in [0, 0.1) is 0 Å². The van der Waals surface area contributed by atoms with E-state index in [1.54, 1.807) is 11.8 Å². The largest absolute Gasteiger partial charge is 0.352 e. The smallest absolute Gasteiger partial charge is 0.240 e. The molecule has 31 heavy (non-hydrogen) atoms. The summed E-state index contributed by atoms with van der Waals surface area (Å²) in [6.45, 7) is 0. The average molecular weight is 511 g/mol. The van der Waals surface area contributed by atoms with Crippen LogP contribution in [0.2, 0.25) is 0 Å². The van der Waals surface area contributed by atoms with E-state index in [1.165, 1.54) is 28.8 Å². The molecule has 3 nitrogen and oxygen atoms in total. The topological polar surface area (TPSA) is 25.9 Å². The van der Waals surface area contributed by atoms with E-state index in [2.05, 4.69) is 50.8 Å². The zero-order valence-electron chi connectivity index (χ0n) is 17.0. The van der Waals surface area contributed by atoms with Gasteiger partial charge in [0.2, 0.25) is 0 Å². The first-order chi connectivity index (χ1) is 15.2. The van der Waals surface area contributed by atoms with Crippen molar-refractivity contribution in [1.82, 2.24) is 4.57 Å². The molecule has 156 valence electrons. The first-order valence-electron chi connectivity index (χ1n) is 10.8. The molecule has 6 heteroatoms. The molecular weight excluding hydrogens is 488 g/mol. The lowest BCUT2D eigenvalue weighted by molar-refractivity contribution is -0.728. The van der Waals surface area contributed by atoms with E-state index in [-0.39, 0.29) is 11.6 Å². The molecule has 0 bridgehead atoms. The highest BCUT2D eigenvalue weighted by atomic mass is 79.9. The molecule has 2 aromatic carbocycles. The number of benzene rings is 2. The lowest BCUT2D eigenvalue weighted by Crippen LogP contribution is -2.54. The molecule has 2 aromatic heterocycles. The van der Waals surface area contributed by atoms with Gasteiger partial charge >= 0.3 is 10.7 Å². The van der Waals surface area contributed by atoms with Crippen LogP contribution in [0.5, 0.6) is 0 Å². The van der Waals surface area contributed by atoms with Crippen LogP contribution in [0.3, 0.4) is 0 Å². The molecule has 0 saturated heterocycles. The van der Waals surface area contributed by atoms with Gasteiger partial charge in [-0.1, -0.05) is 75.8 Å². The predicted octanol–water partition coefficient (Wildman–Crippen LogP) is 5.68. The SMILES string of the molecule is O=c1c2c3c(sc2[n+]2c(n1-c1ccccc1)SC[C@H](Br)[C@H]2c1ccccc1)CCCC3. The van der Waals surface area contributed by atoms with E-state index in [9.17, 15) is 4.79 Å². The molecule has 0 N–H and O–H groups in total. The maximum Gasteiger partial charge on any atom is 0.352 e. The summed E-state index contributed by atoms with van der Waals surface area (Å²) in [6, 6.07) is 21.0. The van der Waals surface area contributed by atoms with Gasteiger partial charge in [0.25, 0.3) is 0 Å². The maximum absolute atomic E-state index is 14.0. The summed E-state index contributed by atoms with van der Waals surface area (Å²) in [5.41, 5.74) is 3.66. The lowest BCUT2D eigenvalue weighted by Gasteiger charge is -2.28. The summed E-state index contributed by atoms with van der Waals surface area (Å²) in [7, 11) is 0. The average Bonchev–Trinajstić information content (AvgIpc) is 3.21. The number of aryl methyl sites for hydroxylation is 2. The summed E-state index contributed by atoms with van der Waals surface area (Å²) >= 11 is 7.62. The Morgan fingerprint density at radius 2 is 1.68 bits per heavy atom. The number of thiophene rings is 1. The van der Waals surface area contributed by atoms with E-state index in [0.717, 1.165) is 39.7 Å². The monoisotopic (exact) mass is 509 g/mol. The third kappa shape index (κ3) is 3.14. The molecule has 0 amide bonds. The van der Waals surface area contributed by atoms with Gasteiger partial charge in [-0.2, -0.15) is 4.57 Å². The fourth-order valence-corrected chi connectivity index (χ4v) is 8.50. The van der Waals surface area contributed by atoms with Crippen LogP contribution < -0.4 is 10.1 Å². The maximum atomic E-state index is 14.0. The molecule has 0 spiro atoms. The van der Waals surface area contributed by atoms with Gasteiger partial charge in [-0.05, 0) is 60.7 Å². The highest BCUT2D eigenvalue weighted by molar-refractivity contribution is 9.09. The van der Waals surface area contributed by atoms with Crippen molar-refractivity contribution in [3.63, 3.8) is 0 Å². The molecule has 6 rings (SSSR count). The minimum absolute atomic E-state index is 0.138. The van der Waals surface area contributed by atoms with Crippen molar-refractivity contribution in [3.05, 3.63) is 87.0 Å². The second-order valence-electron chi connectivity index (χ2n) is 8.20. The van der Waals surface area contributed by atoms with E-state index in [4.69, 9.17) is 0 Å². The number of alkyl halides is 1. The van der Waals surface area contributed by atoms with E-state index in [1.807, 2.05) is 46.2 Å². The molecule has 0 unspecified atom stereocenters. The van der Waals surface area contributed by atoms with Gasteiger partial charge in [-0.25, -0.2) is 9.36 Å². The van der Waals surface area contributed by atoms with Crippen molar-refractivity contribution in [1.29, 1.82) is 0 Å². The first-order valence-corrected chi connectivity index (χ1v) is 13.5. The number of halogens is 1. The molecule has 2 atom stereocenters. The Morgan fingerprint density at radius 3 is 2.45 bits per heavy atom. The Labute approximate surface area is 197 Å². The highest BCUT2D eigenvalue weighted by Gasteiger charge is 2.41. The fraction of sp³-hybridized carbons (Fsp3) is 0.280. The zero-order valence-corrected chi connectivity index (χ0v) is 20.2. The Hall–Kier alpha value is -1.89. The molecular formula is C25H22BrN2OS2+. The van der Waals surface area contributed by atoms with Crippen LogP contribution in [-0.2, 0) is 12.8 Å². The Kier molecular flexibility index (Phi) is 5.04. The van der Waals surface area contributed by atoms with Gasteiger partial charge in [0.1, 0.15) is 17.1 Å². The summed E-state index contributed by atoms with van der Waals surface area (Å²) in [6.07, 6.45) is 4.50. The predicted molar refractivity (Wildman–Crippen MR) is 132 cm³/mol. The molecule has 1 aliphatic heterocycles. The molecule has 0 saturated carbocycles. The molecule has 2 aliphatic rings. The van der Waals surface area contributed by atoms with Gasteiger partial charge in [0.05, 0.1) is 4.83 Å². The Bertz CT molecular complexity index is 1330. The van der Waals surface area contributed by atoms with Crippen LogP contribution in [0.25, 0.3) is 15.9 Å². The first kappa shape index (κ1) is 19.8. The molecule has 3 heterocycles. The van der Waals surface area contributed by atoms with E-state index < -0.39 is 0 Å². The number of aromatic nitrogens is 2. The number of fused-ring (bicyclic) bond motifs is 5. The minimum atomic E-state index is 0.138. The number of thioether (sulfide) groups is 1. The summed E-state index contributed by atoms with van der Waals surface area (Å²) in [5, 5.41) is 1.97. The third-order valence-corrected chi connectivity index (χ3v) is 10.0. The quantitative estimate of drug-likeness (QED) is 0.197. The lowest BCUT2D eigenvalue weighted by atomic mass is 9.97. The number of para-hydroxylation sites is 1. The van der Waals surface area contributed by atoms with Gasteiger partial charge in [-0.15, -0.1) is 0 Å². The van der Waals surface area contributed by atoms with Crippen molar-refractivity contribution in [2.45, 2.75) is 41.7 Å².